The van der Waals surface area contributed by atoms with Crippen LogP contribution in [0.4, 0.5) is 0 Å². The van der Waals surface area contributed by atoms with Gasteiger partial charge in [-0.3, -0.25) is 4.79 Å². The molecule has 2 atom stereocenters. The van der Waals surface area contributed by atoms with Crippen molar-refractivity contribution in [2.45, 2.75) is 24.1 Å². The molecule has 15 heavy (non-hydrogen) atoms. The smallest absolute Gasteiger partial charge is 0.273 e. The second-order valence-electron chi connectivity index (χ2n) is 3.80. The van der Waals surface area contributed by atoms with Crippen molar-refractivity contribution in [3.05, 3.63) is 18.0 Å². The van der Waals surface area contributed by atoms with Gasteiger partial charge in [0.25, 0.3) is 5.91 Å². The van der Waals surface area contributed by atoms with Gasteiger partial charge in [-0.05, 0) is 18.8 Å². The van der Waals surface area contributed by atoms with Crippen molar-refractivity contribution in [1.29, 1.82) is 0 Å². The van der Waals surface area contributed by atoms with E-state index in [2.05, 4.69) is 30.9 Å². The number of nitrogens with zero attached hydrogens (tertiary/aromatic N) is 1. The molecule has 2 rings (SSSR count). The Bertz CT molecular complexity index is 326. The van der Waals surface area contributed by atoms with E-state index in [9.17, 15) is 4.79 Å². The molecule has 0 spiro atoms. The van der Waals surface area contributed by atoms with Gasteiger partial charge in [0.2, 0.25) is 0 Å². The van der Waals surface area contributed by atoms with Crippen LogP contribution in [-0.2, 0) is 0 Å². The number of aromatic nitrogens is 1. The Morgan fingerprint density at radius 2 is 2.53 bits per heavy atom. The molecule has 1 fully saturated rings. The predicted octanol–water partition coefficient (Wildman–Crippen LogP) is 1.97. The second-order valence-corrected chi connectivity index (χ2v) is 4.98. The van der Waals surface area contributed by atoms with E-state index in [1.165, 1.54) is 25.5 Å². The lowest BCUT2D eigenvalue weighted by molar-refractivity contribution is 0.0939. The zero-order valence-corrected chi connectivity index (χ0v) is 9.87. The molecule has 1 aromatic heterocycles. The van der Waals surface area contributed by atoms with Crippen molar-refractivity contribution in [2.24, 2.45) is 5.92 Å². The van der Waals surface area contributed by atoms with Crippen LogP contribution in [0.25, 0.3) is 0 Å². The Labute approximate surface area is 96.5 Å². The minimum Gasteiger partial charge on any atom is -0.364 e. The fourth-order valence-corrected chi connectivity index (χ4v) is 2.64. The summed E-state index contributed by atoms with van der Waals surface area (Å²) in [5.41, 5.74) is 0.346. The molecule has 0 aromatic carbocycles. The molecule has 1 aliphatic rings. The molecule has 4 nitrogen and oxygen atoms in total. The molecule has 82 valence electrons. The Morgan fingerprint density at radius 3 is 3.13 bits per heavy atom. The quantitative estimate of drug-likeness (QED) is 0.856. The lowest BCUT2D eigenvalue weighted by Gasteiger charge is -2.13. The van der Waals surface area contributed by atoms with Crippen LogP contribution in [0.2, 0.25) is 0 Å². The summed E-state index contributed by atoms with van der Waals surface area (Å²) in [6, 6.07) is 1.57. The van der Waals surface area contributed by atoms with E-state index < -0.39 is 0 Å². The Kier molecular flexibility index (Phi) is 3.41. The molecule has 1 amide bonds. The van der Waals surface area contributed by atoms with Crippen LogP contribution >= 0.6 is 15.9 Å². The highest BCUT2D eigenvalue weighted by atomic mass is 79.9. The summed E-state index contributed by atoms with van der Waals surface area (Å²) >= 11 is 3.62. The minimum absolute atomic E-state index is 0.157. The minimum atomic E-state index is -0.157. The van der Waals surface area contributed by atoms with Gasteiger partial charge in [0.1, 0.15) is 6.26 Å². The first-order valence-electron chi connectivity index (χ1n) is 5.10. The highest BCUT2D eigenvalue weighted by Gasteiger charge is 2.25. The molecule has 1 aliphatic carbocycles. The molecule has 1 heterocycles. The maximum absolute atomic E-state index is 11.5. The van der Waals surface area contributed by atoms with Crippen LogP contribution in [0.5, 0.6) is 0 Å². The largest absolute Gasteiger partial charge is 0.364 e. The third-order valence-electron chi connectivity index (χ3n) is 2.76. The van der Waals surface area contributed by atoms with Crippen LogP contribution in [-0.4, -0.2) is 22.4 Å². The second kappa shape index (κ2) is 4.79. The fraction of sp³-hybridized carbons (Fsp3) is 0.600. The Morgan fingerprint density at radius 1 is 1.67 bits per heavy atom. The van der Waals surface area contributed by atoms with Crippen molar-refractivity contribution >= 4 is 21.8 Å². The zero-order valence-electron chi connectivity index (χ0n) is 8.28. The molecule has 1 N–H and O–H groups in total. The maximum Gasteiger partial charge on any atom is 0.273 e. The standard InChI is InChI=1S/C10H13BrN2O2/c11-8-3-1-2-7(8)6-12-10(14)9-4-5-15-13-9/h4-5,7-8H,1-3,6H2,(H,12,14). The number of rotatable bonds is 3. The highest BCUT2D eigenvalue weighted by Crippen LogP contribution is 2.30. The molecule has 0 radical (unpaired) electrons. The van der Waals surface area contributed by atoms with Gasteiger partial charge in [-0.1, -0.05) is 27.5 Å². The zero-order chi connectivity index (χ0) is 10.7. The summed E-state index contributed by atoms with van der Waals surface area (Å²) in [5.74, 6) is 0.385. The number of carbonyl (C=O) groups is 1. The van der Waals surface area contributed by atoms with Gasteiger partial charge in [0.05, 0.1) is 0 Å². The van der Waals surface area contributed by atoms with Gasteiger partial charge in [0, 0.05) is 17.4 Å². The lowest BCUT2D eigenvalue weighted by atomic mass is 10.1. The van der Waals surface area contributed by atoms with Gasteiger partial charge < -0.3 is 9.84 Å². The molecular formula is C10H13BrN2O2. The number of alkyl halides is 1. The Hall–Kier alpha value is -0.840. The van der Waals surface area contributed by atoms with E-state index in [4.69, 9.17) is 0 Å². The molecular weight excluding hydrogens is 260 g/mol. The van der Waals surface area contributed by atoms with Crippen molar-refractivity contribution in [3.63, 3.8) is 0 Å². The van der Waals surface area contributed by atoms with E-state index in [1.54, 1.807) is 6.07 Å². The topological polar surface area (TPSA) is 55.1 Å². The summed E-state index contributed by atoms with van der Waals surface area (Å²) in [5, 5.41) is 6.45. The molecule has 1 aromatic rings. The first kappa shape index (κ1) is 10.7. The summed E-state index contributed by atoms with van der Waals surface area (Å²) in [6.07, 6.45) is 5.01. The Balaban J connectivity index is 1.81. The molecule has 1 saturated carbocycles. The van der Waals surface area contributed by atoms with Crippen molar-refractivity contribution < 1.29 is 9.32 Å². The van der Waals surface area contributed by atoms with Crippen molar-refractivity contribution in [3.8, 4) is 0 Å². The third kappa shape index (κ3) is 2.59. The SMILES string of the molecule is O=C(NCC1CCCC1Br)c1ccon1. The van der Waals surface area contributed by atoms with Crippen LogP contribution in [0, 0.1) is 5.92 Å². The van der Waals surface area contributed by atoms with E-state index in [0.29, 0.717) is 23.0 Å². The van der Waals surface area contributed by atoms with E-state index in [0.717, 1.165) is 0 Å². The first-order chi connectivity index (χ1) is 7.27. The normalized spacial score (nSPS) is 25.4. The van der Waals surface area contributed by atoms with Gasteiger partial charge in [-0.25, -0.2) is 0 Å². The summed E-state index contributed by atoms with van der Waals surface area (Å²) in [6.45, 7) is 0.710. The average Bonchev–Trinajstić information content (AvgIpc) is 2.85. The molecule has 0 bridgehead atoms. The summed E-state index contributed by atoms with van der Waals surface area (Å²) in [4.78, 5) is 12.1. The summed E-state index contributed by atoms with van der Waals surface area (Å²) in [7, 11) is 0. The predicted molar refractivity (Wildman–Crippen MR) is 58.9 cm³/mol. The van der Waals surface area contributed by atoms with Crippen LogP contribution < -0.4 is 5.32 Å². The van der Waals surface area contributed by atoms with Gasteiger partial charge in [-0.15, -0.1) is 0 Å². The molecule has 5 heteroatoms. The van der Waals surface area contributed by atoms with Crippen molar-refractivity contribution in [1.82, 2.24) is 10.5 Å². The highest BCUT2D eigenvalue weighted by molar-refractivity contribution is 9.09. The van der Waals surface area contributed by atoms with Crippen LogP contribution in [0.15, 0.2) is 16.9 Å². The molecule has 0 saturated heterocycles. The molecule has 0 aliphatic heterocycles. The number of hydrogen-bond acceptors (Lipinski definition) is 3. The van der Waals surface area contributed by atoms with E-state index >= 15 is 0 Å². The van der Waals surface area contributed by atoms with Crippen LogP contribution in [0.1, 0.15) is 29.8 Å². The number of amides is 1. The van der Waals surface area contributed by atoms with Gasteiger partial charge >= 0.3 is 0 Å². The summed E-state index contributed by atoms with van der Waals surface area (Å²) < 4.78 is 4.61. The monoisotopic (exact) mass is 272 g/mol. The van der Waals surface area contributed by atoms with Gasteiger partial charge in [-0.2, -0.15) is 0 Å². The average molecular weight is 273 g/mol. The number of halogens is 1. The maximum atomic E-state index is 11.5. The fourth-order valence-electron chi connectivity index (χ4n) is 1.87. The third-order valence-corrected chi connectivity index (χ3v) is 3.97. The van der Waals surface area contributed by atoms with E-state index in [-0.39, 0.29) is 5.91 Å². The van der Waals surface area contributed by atoms with E-state index in [1.807, 2.05) is 0 Å². The van der Waals surface area contributed by atoms with Crippen LogP contribution in [0.3, 0.4) is 0 Å². The molecule has 2 unspecified atom stereocenters. The first-order valence-corrected chi connectivity index (χ1v) is 6.01. The lowest BCUT2D eigenvalue weighted by Crippen LogP contribution is -2.31. The number of nitrogens with one attached hydrogen (secondary N) is 1. The number of hydrogen-bond donors (Lipinski definition) is 1. The van der Waals surface area contributed by atoms with Crippen molar-refractivity contribution in [2.75, 3.05) is 6.54 Å². The van der Waals surface area contributed by atoms with Gasteiger partial charge in [0.15, 0.2) is 5.69 Å². The number of carbonyl (C=O) groups excluding carboxylic acids is 1.